The molecule has 0 spiro atoms. The predicted octanol–water partition coefficient (Wildman–Crippen LogP) is 4.35. The zero-order valence-electron chi connectivity index (χ0n) is 20.5. The number of carboxylic acids is 1. The Balaban J connectivity index is 1.41. The first-order chi connectivity index (χ1) is 18.5. The third-order valence-electron chi connectivity index (χ3n) is 5.78. The molecule has 0 fully saturated rings. The molecule has 12 nitrogen and oxygen atoms in total. The lowest BCUT2D eigenvalue weighted by Gasteiger charge is -2.15. The zero-order valence-corrected chi connectivity index (χ0v) is 21.3. The van der Waals surface area contributed by atoms with Crippen molar-refractivity contribution in [3.05, 3.63) is 111 Å². The summed E-state index contributed by atoms with van der Waals surface area (Å²) in [6, 6.07) is 17.7. The lowest BCUT2D eigenvalue weighted by atomic mass is 10.00. The molecule has 0 amide bonds. The normalized spacial score (nSPS) is 11.9. The minimum atomic E-state index is -4.03. The van der Waals surface area contributed by atoms with Crippen LogP contribution in [0.1, 0.15) is 40.0 Å². The molecule has 0 saturated carbocycles. The maximum absolute atomic E-state index is 12.7. The molecule has 1 aromatic heterocycles. The van der Waals surface area contributed by atoms with Crippen molar-refractivity contribution in [2.75, 3.05) is 10.0 Å². The molecule has 3 aromatic carbocycles. The van der Waals surface area contributed by atoms with Crippen LogP contribution in [0.4, 0.5) is 17.5 Å². The van der Waals surface area contributed by atoms with Gasteiger partial charge in [-0.25, -0.2) is 18.2 Å². The summed E-state index contributed by atoms with van der Waals surface area (Å²) in [5, 5.41) is 32.8. The van der Waals surface area contributed by atoms with E-state index in [-0.39, 0.29) is 39.7 Å². The Morgan fingerprint density at radius 3 is 2.33 bits per heavy atom. The van der Waals surface area contributed by atoms with Crippen molar-refractivity contribution >= 4 is 33.4 Å². The molecular weight excluding hydrogens is 526 g/mol. The van der Waals surface area contributed by atoms with Gasteiger partial charge in [-0.3, -0.25) is 14.8 Å². The van der Waals surface area contributed by atoms with Gasteiger partial charge in [0.05, 0.1) is 15.9 Å². The van der Waals surface area contributed by atoms with Crippen LogP contribution in [0.5, 0.6) is 5.75 Å². The molecular formula is C26H23N5O7S. The molecule has 200 valence electrons. The number of hydrogen-bond donors (Lipinski definition) is 4. The number of sulfonamides is 1. The highest BCUT2D eigenvalue weighted by Gasteiger charge is 2.17. The van der Waals surface area contributed by atoms with Gasteiger partial charge >= 0.3 is 5.97 Å². The lowest BCUT2D eigenvalue weighted by molar-refractivity contribution is -0.384. The van der Waals surface area contributed by atoms with Gasteiger partial charge < -0.3 is 15.5 Å². The number of carbonyl (C=O) groups is 1. The Kier molecular flexibility index (Phi) is 7.72. The second-order valence-corrected chi connectivity index (χ2v) is 10.2. The quantitative estimate of drug-likeness (QED) is 0.164. The van der Waals surface area contributed by atoms with E-state index in [1.807, 2.05) is 31.2 Å². The van der Waals surface area contributed by atoms with Crippen LogP contribution in [0.3, 0.4) is 0 Å². The van der Waals surface area contributed by atoms with Crippen LogP contribution < -0.4 is 10.0 Å². The first-order valence-corrected chi connectivity index (χ1v) is 13.0. The molecule has 0 unspecified atom stereocenters. The number of rotatable bonds is 10. The number of nitrogens with zero attached hydrogens (tertiary/aromatic N) is 3. The van der Waals surface area contributed by atoms with E-state index in [2.05, 4.69) is 20.0 Å². The number of anilines is 2. The molecule has 0 bridgehead atoms. The number of aromatic carboxylic acids is 1. The van der Waals surface area contributed by atoms with Crippen LogP contribution in [-0.4, -0.2) is 39.5 Å². The van der Waals surface area contributed by atoms with Crippen molar-refractivity contribution in [1.82, 2.24) is 9.97 Å². The zero-order chi connectivity index (χ0) is 28.2. The molecule has 0 radical (unpaired) electrons. The van der Waals surface area contributed by atoms with Gasteiger partial charge in [0.25, 0.3) is 15.7 Å². The molecule has 4 N–H and O–H groups in total. The maximum Gasteiger partial charge on any atom is 0.339 e. The van der Waals surface area contributed by atoms with E-state index >= 15 is 0 Å². The lowest BCUT2D eigenvalue weighted by Crippen LogP contribution is -2.15. The smallest absolute Gasteiger partial charge is 0.339 e. The molecule has 0 saturated heterocycles. The summed E-state index contributed by atoms with van der Waals surface area (Å²) in [6.45, 7) is 1.88. The van der Waals surface area contributed by atoms with Crippen molar-refractivity contribution in [2.45, 2.75) is 24.3 Å². The predicted molar refractivity (Wildman–Crippen MR) is 142 cm³/mol. The van der Waals surface area contributed by atoms with Crippen LogP contribution in [0.2, 0.25) is 0 Å². The molecule has 0 aliphatic rings. The monoisotopic (exact) mass is 549 g/mol. The number of benzene rings is 3. The summed E-state index contributed by atoms with van der Waals surface area (Å²) in [4.78, 5) is 29.6. The first-order valence-electron chi connectivity index (χ1n) is 11.5. The minimum absolute atomic E-state index is 0.0167. The Hall–Kier alpha value is -5.04. The Bertz CT molecular complexity index is 1630. The Morgan fingerprint density at radius 2 is 1.69 bits per heavy atom. The Labute approximate surface area is 223 Å². The molecule has 4 rings (SSSR count). The average Bonchev–Trinajstić information content (AvgIpc) is 2.90. The molecule has 1 atom stereocenters. The molecule has 0 aliphatic heterocycles. The molecule has 4 aromatic rings. The highest BCUT2D eigenvalue weighted by molar-refractivity contribution is 7.92. The van der Waals surface area contributed by atoms with Crippen LogP contribution in [-0.2, 0) is 16.4 Å². The molecule has 1 heterocycles. The summed E-state index contributed by atoms with van der Waals surface area (Å²) >= 11 is 0. The molecule has 39 heavy (non-hydrogen) atoms. The summed E-state index contributed by atoms with van der Waals surface area (Å²) in [5.74, 6) is -1.29. The highest BCUT2D eigenvalue weighted by atomic mass is 32.2. The van der Waals surface area contributed by atoms with Crippen LogP contribution in [0.15, 0.2) is 83.9 Å². The number of carboxylic acid groups (broad SMARTS) is 1. The average molecular weight is 550 g/mol. The number of phenols is 1. The van der Waals surface area contributed by atoms with Gasteiger partial charge in [-0.2, -0.15) is 4.98 Å². The Morgan fingerprint density at radius 1 is 1.03 bits per heavy atom. The molecule has 13 heteroatoms. The van der Waals surface area contributed by atoms with E-state index in [1.54, 1.807) is 6.07 Å². The van der Waals surface area contributed by atoms with Crippen LogP contribution in [0, 0.1) is 10.1 Å². The van der Waals surface area contributed by atoms with Gasteiger partial charge in [-0.15, -0.1) is 0 Å². The van der Waals surface area contributed by atoms with Crippen molar-refractivity contribution in [2.24, 2.45) is 0 Å². The van der Waals surface area contributed by atoms with Gasteiger partial charge in [-0.1, -0.05) is 30.3 Å². The standard InChI is InChI=1S/C26H23N5O7S/c1-16(19-5-2-17(3-6-19)14-18-4-11-23(32)22(15-18)25(33)34)28-26-27-13-12-24(29-26)30-39(37,38)21-9-7-20(8-10-21)31(35)36/h2-13,15-16,32H,14H2,1H3,(H,33,34)(H2,27,28,29,30)/t16-/m0/s1. The molecule has 0 aliphatic carbocycles. The number of nitrogens with one attached hydrogen (secondary N) is 2. The third kappa shape index (κ3) is 6.64. The fourth-order valence-electron chi connectivity index (χ4n) is 3.73. The minimum Gasteiger partial charge on any atom is -0.507 e. The second-order valence-electron chi connectivity index (χ2n) is 8.56. The second kappa shape index (κ2) is 11.1. The third-order valence-corrected chi connectivity index (χ3v) is 7.15. The van der Waals surface area contributed by atoms with E-state index in [4.69, 9.17) is 0 Å². The summed E-state index contributed by atoms with van der Waals surface area (Å²) < 4.78 is 27.7. The van der Waals surface area contributed by atoms with Crippen LogP contribution >= 0.6 is 0 Å². The van der Waals surface area contributed by atoms with Crippen molar-refractivity contribution < 1.29 is 28.3 Å². The van der Waals surface area contributed by atoms with Crippen molar-refractivity contribution in [1.29, 1.82) is 0 Å². The largest absolute Gasteiger partial charge is 0.507 e. The number of aromatic nitrogens is 2. The fraction of sp³-hybridized carbons (Fsp3) is 0.115. The summed E-state index contributed by atoms with van der Waals surface area (Å²) in [6.07, 6.45) is 1.87. The van der Waals surface area contributed by atoms with E-state index in [0.717, 1.165) is 41.0 Å². The van der Waals surface area contributed by atoms with E-state index < -0.39 is 20.9 Å². The number of nitro groups is 1. The van der Waals surface area contributed by atoms with Gasteiger partial charge in [-0.05, 0) is 60.4 Å². The van der Waals surface area contributed by atoms with Crippen LogP contribution in [0.25, 0.3) is 0 Å². The van der Waals surface area contributed by atoms with Gasteiger partial charge in [0.2, 0.25) is 5.95 Å². The van der Waals surface area contributed by atoms with Crippen molar-refractivity contribution in [3.8, 4) is 5.75 Å². The number of hydrogen-bond acceptors (Lipinski definition) is 9. The van der Waals surface area contributed by atoms with Gasteiger partial charge in [0.1, 0.15) is 17.1 Å². The van der Waals surface area contributed by atoms with E-state index in [1.165, 1.54) is 24.4 Å². The van der Waals surface area contributed by atoms with Gasteiger partial charge in [0.15, 0.2) is 0 Å². The highest BCUT2D eigenvalue weighted by Crippen LogP contribution is 2.23. The van der Waals surface area contributed by atoms with Gasteiger partial charge in [0, 0.05) is 18.3 Å². The summed E-state index contributed by atoms with van der Waals surface area (Å²) in [5.41, 5.74) is 2.20. The number of aromatic hydroxyl groups is 1. The fourth-order valence-corrected chi connectivity index (χ4v) is 4.73. The van der Waals surface area contributed by atoms with E-state index in [9.17, 15) is 33.5 Å². The first kappa shape index (κ1) is 27.0. The summed E-state index contributed by atoms with van der Waals surface area (Å²) in [7, 11) is -4.03. The maximum atomic E-state index is 12.7. The SMILES string of the molecule is C[C@H](Nc1nccc(NS(=O)(=O)c2ccc([N+](=O)[O-])cc2)n1)c1ccc(Cc2ccc(O)c(C(=O)O)c2)cc1. The number of non-ortho nitro benzene ring substituents is 1. The number of nitro benzene ring substituents is 1. The topological polar surface area (TPSA) is 185 Å². The van der Waals surface area contributed by atoms with E-state index in [0.29, 0.717) is 6.42 Å². The van der Waals surface area contributed by atoms with Crippen molar-refractivity contribution in [3.63, 3.8) is 0 Å².